The summed E-state index contributed by atoms with van der Waals surface area (Å²) in [6.45, 7) is 5.71. The van der Waals surface area contributed by atoms with Crippen LogP contribution in [-0.4, -0.2) is 36.6 Å². The average molecular weight is 426 g/mol. The summed E-state index contributed by atoms with van der Waals surface area (Å²) in [7, 11) is 0. The number of rotatable bonds is 10. The number of ether oxygens (including phenoxy) is 1. The third-order valence-electron chi connectivity index (χ3n) is 4.51. The van der Waals surface area contributed by atoms with Gasteiger partial charge in [0.05, 0.1) is 5.56 Å². The zero-order chi connectivity index (χ0) is 22.6. The number of urea groups is 1. The van der Waals surface area contributed by atoms with Crippen LogP contribution in [0.4, 0.5) is 4.79 Å². The van der Waals surface area contributed by atoms with Crippen LogP contribution in [-0.2, 0) is 22.5 Å². The second-order valence-electron chi connectivity index (χ2n) is 7.75. The lowest BCUT2D eigenvalue weighted by molar-refractivity contribution is -0.124. The normalized spacial score (nSPS) is 11.5. The second kappa shape index (κ2) is 12.4. The van der Waals surface area contributed by atoms with Crippen molar-refractivity contribution in [3.05, 3.63) is 71.3 Å². The number of esters is 1. The maximum Gasteiger partial charge on any atom is 0.338 e. The van der Waals surface area contributed by atoms with Crippen molar-refractivity contribution in [1.82, 2.24) is 16.0 Å². The van der Waals surface area contributed by atoms with E-state index in [1.54, 1.807) is 24.3 Å². The van der Waals surface area contributed by atoms with E-state index in [-0.39, 0.29) is 30.6 Å². The summed E-state index contributed by atoms with van der Waals surface area (Å²) in [5.74, 6) is -0.893. The molecule has 0 fully saturated rings. The molecule has 3 N–H and O–H groups in total. The van der Waals surface area contributed by atoms with Gasteiger partial charge < -0.3 is 20.7 Å². The SMILES string of the molecule is CC(C)NC(=O)NCc1ccc(C(=O)OCC(=O)N[C@@H](C)CCc2ccccc2)cc1. The third kappa shape index (κ3) is 9.33. The minimum absolute atomic E-state index is 0.0221. The summed E-state index contributed by atoms with van der Waals surface area (Å²) in [4.78, 5) is 35.8. The monoisotopic (exact) mass is 425 g/mol. The Morgan fingerprint density at radius 2 is 1.55 bits per heavy atom. The topological polar surface area (TPSA) is 96.5 Å². The van der Waals surface area contributed by atoms with Gasteiger partial charge in [0.15, 0.2) is 6.61 Å². The Morgan fingerprint density at radius 3 is 2.19 bits per heavy atom. The lowest BCUT2D eigenvalue weighted by atomic mass is 10.1. The van der Waals surface area contributed by atoms with Crippen molar-refractivity contribution in [2.24, 2.45) is 0 Å². The largest absolute Gasteiger partial charge is 0.452 e. The number of hydrogen-bond donors (Lipinski definition) is 3. The summed E-state index contributed by atoms with van der Waals surface area (Å²) >= 11 is 0. The van der Waals surface area contributed by atoms with E-state index in [1.165, 1.54) is 5.56 Å². The van der Waals surface area contributed by atoms with Crippen molar-refractivity contribution < 1.29 is 19.1 Å². The molecule has 2 aromatic carbocycles. The predicted molar refractivity (Wildman–Crippen MR) is 120 cm³/mol. The molecule has 0 bridgehead atoms. The highest BCUT2D eigenvalue weighted by atomic mass is 16.5. The third-order valence-corrected chi connectivity index (χ3v) is 4.51. The summed E-state index contributed by atoms with van der Waals surface area (Å²) in [6.07, 6.45) is 1.66. The zero-order valence-electron chi connectivity index (χ0n) is 18.3. The van der Waals surface area contributed by atoms with E-state index < -0.39 is 5.97 Å². The number of carbonyl (C=O) groups is 3. The maximum atomic E-state index is 12.2. The van der Waals surface area contributed by atoms with E-state index >= 15 is 0 Å². The molecular weight excluding hydrogens is 394 g/mol. The van der Waals surface area contributed by atoms with Gasteiger partial charge in [-0.15, -0.1) is 0 Å². The first-order valence-electron chi connectivity index (χ1n) is 10.5. The highest BCUT2D eigenvalue weighted by molar-refractivity contribution is 5.91. The van der Waals surface area contributed by atoms with Gasteiger partial charge in [-0.2, -0.15) is 0 Å². The van der Waals surface area contributed by atoms with E-state index in [2.05, 4.69) is 28.1 Å². The van der Waals surface area contributed by atoms with E-state index in [9.17, 15) is 14.4 Å². The molecule has 2 aromatic rings. The first kappa shape index (κ1) is 23.9. The number of nitrogens with one attached hydrogen (secondary N) is 3. The van der Waals surface area contributed by atoms with Crippen molar-refractivity contribution >= 4 is 17.9 Å². The van der Waals surface area contributed by atoms with Crippen LogP contribution in [0.1, 0.15) is 48.7 Å². The van der Waals surface area contributed by atoms with E-state index in [0.717, 1.165) is 18.4 Å². The summed E-state index contributed by atoms with van der Waals surface area (Å²) in [5.41, 5.74) is 2.41. The molecule has 2 rings (SSSR count). The van der Waals surface area contributed by atoms with Gasteiger partial charge in [-0.3, -0.25) is 4.79 Å². The minimum atomic E-state index is -0.566. The van der Waals surface area contributed by atoms with Gasteiger partial charge >= 0.3 is 12.0 Å². The Labute approximate surface area is 183 Å². The standard InChI is InChI=1S/C24H31N3O4/c1-17(2)26-24(30)25-15-20-11-13-21(14-12-20)23(29)31-16-22(28)27-18(3)9-10-19-7-5-4-6-8-19/h4-8,11-14,17-18H,9-10,15-16H2,1-3H3,(H,27,28)(H2,25,26,30)/t18-/m0/s1. The average Bonchev–Trinajstić information content (AvgIpc) is 2.75. The molecule has 0 saturated heterocycles. The highest BCUT2D eigenvalue weighted by Gasteiger charge is 2.12. The smallest absolute Gasteiger partial charge is 0.338 e. The maximum absolute atomic E-state index is 12.2. The van der Waals surface area contributed by atoms with Crippen molar-refractivity contribution in [1.29, 1.82) is 0 Å². The number of aryl methyl sites for hydroxylation is 1. The molecule has 0 unspecified atom stereocenters. The van der Waals surface area contributed by atoms with Gasteiger partial charge in [0.25, 0.3) is 5.91 Å². The van der Waals surface area contributed by atoms with Crippen LogP contribution in [0, 0.1) is 0 Å². The second-order valence-corrected chi connectivity index (χ2v) is 7.75. The number of carbonyl (C=O) groups excluding carboxylic acids is 3. The van der Waals surface area contributed by atoms with E-state index in [1.807, 2.05) is 39.0 Å². The van der Waals surface area contributed by atoms with Crippen LogP contribution in [0.2, 0.25) is 0 Å². The molecule has 0 radical (unpaired) electrons. The lowest BCUT2D eigenvalue weighted by Crippen LogP contribution is -2.39. The highest BCUT2D eigenvalue weighted by Crippen LogP contribution is 2.07. The molecule has 3 amide bonds. The van der Waals surface area contributed by atoms with Gasteiger partial charge in [-0.1, -0.05) is 42.5 Å². The van der Waals surface area contributed by atoms with Gasteiger partial charge in [0, 0.05) is 18.6 Å². The van der Waals surface area contributed by atoms with Crippen LogP contribution in [0.15, 0.2) is 54.6 Å². The molecule has 31 heavy (non-hydrogen) atoms. The van der Waals surface area contributed by atoms with Crippen LogP contribution in [0.3, 0.4) is 0 Å². The molecule has 7 heteroatoms. The fourth-order valence-electron chi connectivity index (χ4n) is 2.89. The first-order valence-corrected chi connectivity index (χ1v) is 10.5. The Balaban J connectivity index is 1.70. The molecule has 166 valence electrons. The molecule has 0 aliphatic rings. The Morgan fingerprint density at radius 1 is 0.871 bits per heavy atom. The van der Waals surface area contributed by atoms with E-state index in [0.29, 0.717) is 12.1 Å². The molecule has 1 atom stereocenters. The predicted octanol–water partition coefficient (Wildman–Crippen LogP) is 3.19. The summed E-state index contributed by atoms with van der Waals surface area (Å²) in [6, 6.07) is 16.5. The Bertz CT molecular complexity index is 851. The van der Waals surface area contributed by atoms with Gasteiger partial charge in [0.2, 0.25) is 0 Å². The summed E-state index contributed by atoms with van der Waals surface area (Å²) in [5, 5.41) is 8.32. The summed E-state index contributed by atoms with van der Waals surface area (Å²) < 4.78 is 5.10. The molecule has 0 saturated carbocycles. The van der Waals surface area contributed by atoms with Crippen LogP contribution >= 0.6 is 0 Å². The van der Waals surface area contributed by atoms with Crippen molar-refractivity contribution in [2.75, 3.05) is 6.61 Å². The van der Waals surface area contributed by atoms with Crippen molar-refractivity contribution in [3.63, 3.8) is 0 Å². The first-order chi connectivity index (χ1) is 14.8. The van der Waals surface area contributed by atoms with Gasteiger partial charge in [-0.25, -0.2) is 9.59 Å². The molecule has 0 aliphatic carbocycles. The zero-order valence-corrected chi connectivity index (χ0v) is 18.3. The van der Waals surface area contributed by atoms with Crippen LogP contribution in [0.25, 0.3) is 0 Å². The van der Waals surface area contributed by atoms with Crippen molar-refractivity contribution in [3.8, 4) is 0 Å². The quantitative estimate of drug-likeness (QED) is 0.510. The Hall–Kier alpha value is -3.35. The molecule has 0 aliphatic heterocycles. The van der Waals surface area contributed by atoms with E-state index in [4.69, 9.17) is 4.74 Å². The van der Waals surface area contributed by atoms with Gasteiger partial charge in [0.1, 0.15) is 0 Å². The van der Waals surface area contributed by atoms with Crippen LogP contribution < -0.4 is 16.0 Å². The van der Waals surface area contributed by atoms with Gasteiger partial charge in [-0.05, 0) is 56.9 Å². The lowest BCUT2D eigenvalue weighted by Gasteiger charge is -2.14. The Kier molecular flexibility index (Phi) is 9.55. The molecule has 0 spiro atoms. The fraction of sp³-hybridized carbons (Fsp3) is 0.375. The fourth-order valence-corrected chi connectivity index (χ4v) is 2.89. The molecule has 7 nitrogen and oxygen atoms in total. The molecule has 0 aromatic heterocycles. The minimum Gasteiger partial charge on any atom is -0.452 e. The number of hydrogen-bond acceptors (Lipinski definition) is 4. The van der Waals surface area contributed by atoms with Crippen LogP contribution in [0.5, 0.6) is 0 Å². The number of benzene rings is 2. The molecular formula is C24H31N3O4. The van der Waals surface area contributed by atoms with Crippen molar-refractivity contribution in [2.45, 2.75) is 52.2 Å². The molecule has 0 heterocycles. The number of amides is 3.